The lowest BCUT2D eigenvalue weighted by Gasteiger charge is -2.40. The molecule has 0 aliphatic rings. The van der Waals surface area contributed by atoms with Gasteiger partial charge in [-0.1, -0.05) is 69.3 Å². The second-order valence-electron chi connectivity index (χ2n) is 6.95. The maximum atomic E-state index is 4.12. The van der Waals surface area contributed by atoms with E-state index in [0.717, 1.165) is 15.1 Å². The monoisotopic (exact) mass is 358 g/mol. The van der Waals surface area contributed by atoms with Crippen LogP contribution >= 0.6 is 0 Å². The van der Waals surface area contributed by atoms with Crippen molar-refractivity contribution < 1.29 is 0 Å². The topological polar surface area (TPSA) is 6.48 Å². The standard InChI is InChI=1S/C22H38N2Si/c1-7-14-23(15-8-2)22(24(16-9-3)17-10-4)25-21-13-11-12-20(18-21)19(5)6/h11-13,18,22H,5,7-10,14-17H2,1-4,6H3. The molecule has 25 heavy (non-hydrogen) atoms. The Balaban J connectivity index is 3.10. The highest BCUT2D eigenvalue weighted by molar-refractivity contribution is 6.55. The molecule has 0 saturated heterocycles. The van der Waals surface area contributed by atoms with Gasteiger partial charge >= 0.3 is 0 Å². The molecule has 3 heteroatoms. The van der Waals surface area contributed by atoms with E-state index >= 15 is 0 Å². The fourth-order valence-corrected chi connectivity index (χ4v) is 4.91. The third-order valence-electron chi connectivity index (χ3n) is 4.39. The van der Waals surface area contributed by atoms with Crippen molar-refractivity contribution in [2.75, 3.05) is 26.2 Å². The molecular formula is C22H38N2Si. The average molecular weight is 359 g/mol. The van der Waals surface area contributed by atoms with Crippen molar-refractivity contribution in [3.8, 4) is 0 Å². The summed E-state index contributed by atoms with van der Waals surface area (Å²) < 4.78 is 0. The molecule has 1 aromatic rings. The molecule has 2 nitrogen and oxygen atoms in total. The number of nitrogens with zero attached hydrogens (tertiary/aromatic N) is 2. The molecule has 1 rings (SSSR count). The summed E-state index contributed by atoms with van der Waals surface area (Å²) in [6.07, 6.45) is 4.88. The molecule has 0 bridgehead atoms. The first-order valence-corrected chi connectivity index (χ1v) is 11.2. The zero-order chi connectivity index (χ0) is 18.7. The molecule has 0 aliphatic carbocycles. The number of hydrogen-bond donors (Lipinski definition) is 0. The van der Waals surface area contributed by atoms with E-state index in [1.807, 2.05) is 0 Å². The van der Waals surface area contributed by atoms with Crippen LogP contribution in [0.5, 0.6) is 0 Å². The minimum atomic E-state index is 0.528. The van der Waals surface area contributed by atoms with E-state index in [1.54, 1.807) is 0 Å². The van der Waals surface area contributed by atoms with Gasteiger partial charge in [0.2, 0.25) is 0 Å². The molecule has 0 amide bonds. The molecular weight excluding hydrogens is 320 g/mol. The van der Waals surface area contributed by atoms with E-state index in [-0.39, 0.29) is 0 Å². The highest BCUT2D eigenvalue weighted by Gasteiger charge is 2.24. The zero-order valence-corrected chi connectivity index (χ0v) is 18.1. The summed E-state index contributed by atoms with van der Waals surface area (Å²) in [5.74, 6) is 0.528. The Kier molecular flexibility index (Phi) is 11.0. The number of allylic oxidation sites excluding steroid dienone is 1. The summed E-state index contributed by atoms with van der Waals surface area (Å²) in [6.45, 7) is 20.2. The van der Waals surface area contributed by atoms with Gasteiger partial charge in [-0.3, -0.25) is 9.80 Å². The van der Waals surface area contributed by atoms with Crippen molar-refractivity contribution in [2.45, 2.75) is 66.1 Å². The third kappa shape index (κ3) is 7.47. The highest BCUT2D eigenvalue weighted by Crippen LogP contribution is 2.12. The highest BCUT2D eigenvalue weighted by atomic mass is 28.2. The van der Waals surface area contributed by atoms with E-state index in [0.29, 0.717) is 5.79 Å². The molecule has 0 saturated carbocycles. The molecule has 140 valence electrons. The first kappa shape index (κ1) is 22.1. The van der Waals surface area contributed by atoms with Gasteiger partial charge in [0.25, 0.3) is 0 Å². The van der Waals surface area contributed by atoms with E-state index in [9.17, 15) is 0 Å². The lowest BCUT2D eigenvalue weighted by atomic mass is 10.1. The summed E-state index contributed by atoms with van der Waals surface area (Å²) in [5, 5.41) is 1.46. The Hall–Kier alpha value is -0.903. The first-order valence-electron chi connectivity index (χ1n) is 10.1. The normalized spacial score (nSPS) is 11.7. The van der Waals surface area contributed by atoms with E-state index in [1.165, 1.54) is 62.6 Å². The van der Waals surface area contributed by atoms with Gasteiger partial charge in [0.05, 0.1) is 5.79 Å². The van der Waals surface area contributed by atoms with Crippen LogP contribution in [0.4, 0.5) is 0 Å². The Labute approximate surface area is 159 Å². The minimum absolute atomic E-state index is 0.528. The Morgan fingerprint density at radius 3 is 1.80 bits per heavy atom. The minimum Gasteiger partial charge on any atom is -0.291 e. The van der Waals surface area contributed by atoms with Crippen LogP contribution in [0.15, 0.2) is 30.8 Å². The van der Waals surface area contributed by atoms with Crippen LogP contribution in [0.2, 0.25) is 0 Å². The molecule has 0 aromatic heterocycles. The van der Waals surface area contributed by atoms with Crippen LogP contribution in [0.3, 0.4) is 0 Å². The molecule has 2 radical (unpaired) electrons. The van der Waals surface area contributed by atoms with Gasteiger partial charge < -0.3 is 0 Å². The van der Waals surface area contributed by atoms with Crippen molar-refractivity contribution in [3.63, 3.8) is 0 Å². The molecule has 0 N–H and O–H groups in total. The molecule has 1 aromatic carbocycles. The summed E-state index contributed by atoms with van der Waals surface area (Å²) >= 11 is 0. The second-order valence-corrected chi connectivity index (χ2v) is 8.33. The van der Waals surface area contributed by atoms with Crippen molar-refractivity contribution in [1.29, 1.82) is 0 Å². The third-order valence-corrected chi connectivity index (χ3v) is 6.02. The summed E-state index contributed by atoms with van der Waals surface area (Å²) in [7, 11) is 0.795. The van der Waals surface area contributed by atoms with Gasteiger partial charge in [0.1, 0.15) is 9.52 Å². The fourth-order valence-electron chi connectivity index (χ4n) is 3.30. The maximum Gasteiger partial charge on any atom is 0.123 e. The van der Waals surface area contributed by atoms with Crippen molar-refractivity contribution >= 4 is 20.3 Å². The van der Waals surface area contributed by atoms with Crippen LogP contribution in [0, 0.1) is 0 Å². The summed E-state index contributed by atoms with van der Waals surface area (Å²) in [4.78, 5) is 5.44. The fraction of sp³-hybridized carbons (Fsp3) is 0.636. The quantitative estimate of drug-likeness (QED) is 0.376. The van der Waals surface area contributed by atoms with Crippen molar-refractivity contribution in [2.24, 2.45) is 0 Å². The Bertz CT molecular complexity index is 473. The lowest BCUT2D eigenvalue weighted by molar-refractivity contribution is 0.0962. The van der Waals surface area contributed by atoms with Crippen LogP contribution in [-0.2, 0) is 0 Å². The lowest BCUT2D eigenvalue weighted by Crippen LogP contribution is -2.55. The number of hydrogen-bond acceptors (Lipinski definition) is 2. The molecule has 0 aliphatic heterocycles. The van der Waals surface area contributed by atoms with E-state index in [2.05, 4.69) is 75.3 Å². The van der Waals surface area contributed by atoms with Crippen LogP contribution in [-0.4, -0.2) is 51.3 Å². The van der Waals surface area contributed by atoms with Gasteiger partial charge in [-0.05, 0) is 64.3 Å². The van der Waals surface area contributed by atoms with Gasteiger partial charge in [-0.2, -0.15) is 0 Å². The molecule has 0 spiro atoms. The number of benzene rings is 1. The Morgan fingerprint density at radius 1 is 0.920 bits per heavy atom. The zero-order valence-electron chi connectivity index (χ0n) is 17.1. The predicted octanol–water partition coefficient (Wildman–Crippen LogP) is 4.58. The molecule has 0 heterocycles. The van der Waals surface area contributed by atoms with Crippen LogP contribution in [0.1, 0.15) is 65.9 Å². The largest absolute Gasteiger partial charge is 0.291 e. The molecule has 0 atom stereocenters. The maximum absolute atomic E-state index is 4.12. The van der Waals surface area contributed by atoms with Crippen molar-refractivity contribution in [1.82, 2.24) is 9.80 Å². The molecule has 0 fully saturated rings. The predicted molar refractivity (Wildman–Crippen MR) is 115 cm³/mol. The number of rotatable bonds is 13. The van der Waals surface area contributed by atoms with Crippen molar-refractivity contribution in [3.05, 3.63) is 36.4 Å². The van der Waals surface area contributed by atoms with E-state index < -0.39 is 0 Å². The Morgan fingerprint density at radius 2 is 1.40 bits per heavy atom. The van der Waals surface area contributed by atoms with Crippen LogP contribution < -0.4 is 5.19 Å². The summed E-state index contributed by atoms with van der Waals surface area (Å²) in [5.41, 5.74) is 2.43. The van der Waals surface area contributed by atoms with Gasteiger partial charge in [-0.15, -0.1) is 0 Å². The van der Waals surface area contributed by atoms with Crippen LogP contribution in [0.25, 0.3) is 5.57 Å². The van der Waals surface area contributed by atoms with Gasteiger partial charge in [-0.25, -0.2) is 0 Å². The van der Waals surface area contributed by atoms with E-state index in [4.69, 9.17) is 0 Å². The second kappa shape index (κ2) is 12.5. The first-order chi connectivity index (χ1) is 12.1. The average Bonchev–Trinajstić information content (AvgIpc) is 2.60. The van der Waals surface area contributed by atoms with Gasteiger partial charge in [0, 0.05) is 0 Å². The molecule has 0 unspecified atom stereocenters. The van der Waals surface area contributed by atoms with Gasteiger partial charge in [0.15, 0.2) is 0 Å². The summed E-state index contributed by atoms with van der Waals surface area (Å²) in [6, 6.07) is 9.01. The SMILES string of the molecule is C=C(C)c1cccc([Si]C(N(CCC)CCC)N(CCC)CCC)c1. The smallest absolute Gasteiger partial charge is 0.123 e.